The molecule has 1 aromatic rings. The van der Waals surface area contributed by atoms with Crippen molar-refractivity contribution >= 4 is 24.0 Å². The Bertz CT molecular complexity index is 364. The van der Waals surface area contributed by atoms with Gasteiger partial charge in [-0.25, -0.2) is 0 Å². The van der Waals surface area contributed by atoms with Gasteiger partial charge in [0.25, 0.3) is 5.91 Å². The summed E-state index contributed by atoms with van der Waals surface area (Å²) in [7, 11) is 0. The lowest BCUT2D eigenvalue weighted by Crippen LogP contribution is -2.24. The second-order valence-electron chi connectivity index (χ2n) is 4.11. The SMILES string of the molecule is Cl.Nc1cccc(C(=O)NCCC2CC2)c1. The molecule has 0 radical (unpaired) electrons. The monoisotopic (exact) mass is 240 g/mol. The molecule has 0 aromatic heterocycles. The molecule has 1 aromatic carbocycles. The molecule has 1 aliphatic rings. The van der Waals surface area contributed by atoms with Crippen LogP contribution in [-0.4, -0.2) is 12.5 Å². The van der Waals surface area contributed by atoms with Gasteiger partial charge in [-0.15, -0.1) is 12.4 Å². The summed E-state index contributed by atoms with van der Waals surface area (Å²) in [5.41, 5.74) is 6.88. The molecule has 0 spiro atoms. The lowest BCUT2D eigenvalue weighted by molar-refractivity contribution is 0.0952. The molecule has 4 heteroatoms. The zero-order valence-corrected chi connectivity index (χ0v) is 9.93. The summed E-state index contributed by atoms with van der Waals surface area (Å²) in [4.78, 5) is 11.6. The normalized spacial score (nSPS) is 14.0. The van der Waals surface area contributed by atoms with Gasteiger partial charge in [-0.2, -0.15) is 0 Å². The Balaban J connectivity index is 0.00000128. The summed E-state index contributed by atoms with van der Waals surface area (Å²) in [6, 6.07) is 7.06. The maximum atomic E-state index is 11.6. The van der Waals surface area contributed by atoms with Crippen molar-refractivity contribution in [1.29, 1.82) is 0 Å². The summed E-state index contributed by atoms with van der Waals surface area (Å²) in [6.45, 7) is 0.776. The second-order valence-corrected chi connectivity index (χ2v) is 4.11. The highest BCUT2D eigenvalue weighted by atomic mass is 35.5. The zero-order valence-electron chi connectivity index (χ0n) is 9.11. The van der Waals surface area contributed by atoms with Crippen molar-refractivity contribution in [2.24, 2.45) is 5.92 Å². The first-order chi connectivity index (χ1) is 7.25. The molecule has 0 unspecified atom stereocenters. The first-order valence-electron chi connectivity index (χ1n) is 5.39. The summed E-state index contributed by atoms with van der Waals surface area (Å²) in [5.74, 6) is 0.828. The smallest absolute Gasteiger partial charge is 0.251 e. The van der Waals surface area contributed by atoms with Crippen LogP contribution in [0.1, 0.15) is 29.6 Å². The third kappa shape index (κ3) is 3.74. The van der Waals surface area contributed by atoms with E-state index in [4.69, 9.17) is 5.73 Å². The molecule has 3 N–H and O–H groups in total. The van der Waals surface area contributed by atoms with E-state index in [0.717, 1.165) is 18.9 Å². The van der Waals surface area contributed by atoms with Gasteiger partial charge in [0.15, 0.2) is 0 Å². The Kier molecular flexibility index (Phi) is 4.62. The number of hydrogen-bond acceptors (Lipinski definition) is 2. The van der Waals surface area contributed by atoms with Crippen LogP contribution in [0.4, 0.5) is 5.69 Å². The topological polar surface area (TPSA) is 55.1 Å². The van der Waals surface area contributed by atoms with Crippen LogP contribution in [0.3, 0.4) is 0 Å². The minimum atomic E-state index is -0.0250. The largest absolute Gasteiger partial charge is 0.399 e. The Morgan fingerprint density at radius 1 is 1.44 bits per heavy atom. The summed E-state index contributed by atoms with van der Waals surface area (Å²) < 4.78 is 0. The standard InChI is InChI=1S/C12H16N2O.ClH/c13-11-3-1-2-10(8-11)12(15)14-7-6-9-4-5-9;/h1-3,8-9H,4-7,13H2,(H,14,15);1H. The van der Waals surface area contributed by atoms with E-state index in [9.17, 15) is 4.79 Å². The predicted molar refractivity (Wildman–Crippen MR) is 67.8 cm³/mol. The van der Waals surface area contributed by atoms with Crippen LogP contribution in [0.15, 0.2) is 24.3 Å². The minimum absolute atomic E-state index is 0. The summed E-state index contributed by atoms with van der Waals surface area (Å²) in [5, 5.41) is 2.90. The van der Waals surface area contributed by atoms with Gasteiger partial charge in [-0.05, 0) is 30.5 Å². The molecule has 1 amide bonds. The van der Waals surface area contributed by atoms with Gasteiger partial charge in [0.05, 0.1) is 0 Å². The number of amides is 1. The molecule has 2 rings (SSSR count). The number of halogens is 1. The maximum Gasteiger partial charge on any atom is 0.251 e. The number of benzene rings is 1. The van der Waals surface area contributed by atoms with Crippen LogP contribution in [0.25, 0.3) is 0 Å². The number of carbonyl (C=O) groups excluding carboxylic acids is 1. The van der Waals surface area contributed by atoms with Gasteiger partial charge in [-0.1, -0.05) is 18.9 Å². The molecule has 3 nitrogen and oxygen atoms in total. The molecule has 0 bridgehead atoms. The van der Waals surface area contributed by atoms with Gasteiger partial charge in [-0.3, -0.25) is 4.79 Å². The molecule has 1 aliphatic carbocycles. The summed E-state index contributed by atoms with van der Waals surface area (Å²) >= 11 is 0. The lowest BCUT2D eigenvalue weighted by Gasteiger charge is -2.04. The predicted octanol–water partition coefficient (Wildman–Crippen LogP) is 2.22. The average Bonchev–Trinajstić information content (AvgIpc) is 3.01. The fourth-order valence-corrected chi connectivity index (χ4v) is 1.58. The number of anilines is 1. The number of rotatable bonds is 4. The molecular weight excluding hydrogens is 224 g/mol. The van der Waals surface area contributed by atoms with Crippen molar-refractivity contribution in [3.63, 3.8) is 0 Å². The van der Waals surface area contributed by atoms with Crippen LogP contribution in [-0.2, 0) is 0 Å². The molecule has 1 saturated carbocycles. The van der Waals surface area contributed by atoms with Crippen molar-refractivity contribution < 1.29 is 4.79 Å². The summed E-state index contributed by atoms with van der Waals surface area (Å²) in [6.07, 6.45) is 3.76. The van der Waals surface area contributed by atoms with E-state index >= 15 is 0 Å². The van der Waals surface area contributed by atoms with Crippen molar-refractivity contribution in [3.05, 3.63) is 29.8 Å². The number of carbonyl (C=O) groups is 1. The van der Waals surface area contributed by atoms with E-state index in [2.05, 4.69) is 5.32 Å². The van der Waals surface area contributed by atoms with Crippen molar-refractivity contribution in [1.82, 2.24) is 5.32 Å². The quantitative estimate of drug-likeness (QED) is 0.793. The van der Waals surface area contributed by atoms with Gasteiger partial charge < -0.3 is 11.1 Å². The first kappa shape index (κ1) is 12.8. The Hall–Kier alpha value is -1.22. The third-order valence-electron chi connectivity index (χ3n) is 2.68. The van der Waals surface area contributed by atoms with E-state index < -0.39 is 0 Å². The van der Waals surface area contributed by atoms with Gasteiger partial charge in [0.1, 0.15) is 0 Å². The Morgan fingerprint density at radius 2 is 2.19 bits per heavy atom. The molecular formula is C12H17ClN2O. The fourth-order valence-electron chi connectivity index (χ4n) is 1.58. The molecule has 0 saturated heterocycles. The van der Waals surface area contributed by atoms with Crippen LogP contribution in [0.2, 0.25) is 0 Å². The molecule has 1 fully saturated rings. The van der Waals surface area contributed by atoms with Crippen LogP contribution < -0.4 is 11.1 Å². The number of nitrogens with two attached hydrogens (primary N) is 1. The number of nitrogens with one attached hydrogen (secondary N) is 1. The van der Waals surface area contributed by atoms with E-state index in [1.807, 2.05) is 0 Å². The molecule has 0 aliphatic heterocycles. The number of nitrogen functional groups attached to an aromatic ring is 1. The second kappa shape index (κ2) is 5.75. The number of hydrogen-bond donors (Lipinski definition) is 2. The molecule has 16 heavy (non-hydrogen) atoms. The van der Waals surface area contributed by atoms with Gasteiger partial charge in [0.2, 0.25) is 0 Å². The lowest BCUT2D eigenvalue weighted by atomic mass is 10.2. The molecule has 88 valence electrons. The van der Waals surface area contributed by atoms with Crippen LogP contribution >= 0.6 is 12.4 Å². The van der Waals surface area contributed by atoms with Crippen molar-refractivity contribution in [2.45, 2.75) is 19.3 Å². The van der Waals surface area contributed by atoms with E-state index in [1.54, 1.807) is 24.3 Å². The van der Waals surface area contributed by atoms with E-state index in [-0.39, 0.29) is 18.3 Å². The Labute approximate surface area is 102 Å². The third-order valence-corrected chi connectivity index (χ3v) is 2.68. The van der Waals surface area contributed by atoms with E-state index in [1.165, 1.54) is 12.8 Å². The average molecular weight is 241 g/mol. The van der Waals surface area contributed by atoms with Crippen LogP contribution in [0.5, 0.6) is 0 Å². The van der Waals surface area contributed by atoms with Crippen molar-refractivity contribution in [3.8, 4) is 0 Å². The molecule has 0 atom stereocenters. The minimum Gasteiger partial charge on any atom is -0.399 e. The van der Waals surface area contributed by atoms with E-state index in [0.29, 0.717) is 11.3 Å². The highest BCUT2D eigenvalue weighted by Crippen LogP contribution is 2.31. The maximum absolute atomic E-state index is 11.6. The zero-order chi connectivity index (χ0) is 10.7. The Morgan fingerprint density at radius 3 is 2.81 bits per heavy atom. The first-order valence-corrected chi connectivity index (χ1v) is 5.39. The highest BCUT2D eigenvalue weighted by Gasteiger charge is 2.20. The highest BCUT2D eigenvalue weighted by molar-refractivity contribution is 5.94. The molecule has 0 heterocycles. The van der Waals surface area contributed by atoms with Crippen molar-refractivity contribution in [2.75, 3.05) is 12.3 Å². The van der Waals surface area contributed by atoms with Crippen LogP contribution in [0, 0.1) is 5.92 Å². The van der Waals surface area contributed by atoms with Gasteiger partial charge in [0, 0.05) is 17.8 Å². The van der Waals surface area contributed by atoms with Gasteiger partial charge >= 0.3 is 0 Å². The fraction of sp³-hybridized carbons (Fsp3) is 0.417.